The zero-order valence-corrected chi connectivity index (χ0v) is 17.4. The van der Waals surface area contributed by atoms with Crippen molar-refractivity contribution in [3.63, 3.8) is 0 Å². The summed E-state index contributed by atoms with van der Waals surface area (Å²) < 4.78 is 10.9. The Labute approximate surface area is 180 Å². The first kappa shape index (κ1) is 20.5. The second kappa shape index (κ2) is 8.51. The summed E-state index contributed by atoms with van der Waals surface area (Å²) in [7, 11) is 3.19. The Bertz CT molecular complexity index is 1160. The molecule has 3 aromatic carbocycles. The summed E-state index contributed by atoms with van der Waals surface area (Å²) in [6.07, 6.45) is 1.32. The minimum atomic E-state index is -0.756. The van der Waals surface area contributed by atoms with Gasteiger partial charge in [0.05, 0.1) is 14.2 Å². The standard InChI is InChI=1S/C23H24N4O4/c1-30-21-12-17-11-19(10-16-8-5-7-15-6-3-4-9-20(15)16)26(23(24)25-27(28)29)14-18(17)13-22(21)31-2/h3-9,12-13,19H,10-11,14H2,1-2H3,(H2,24,25). The third-order valence-corrected chi connectivity index (χ3v) is 5.76. The van der Waals surface area contributed by atoms with Crippen molar-refractivity contribution >= 4 is 16.7 Å². The third-order valence-electron chi connectivity index (χ3n) is 5.76. The van der Waals surface area contributed by atoms with Gasteiger partial charge in [0.2, 0.25) is 0 Å². The average Bonchev–Trinajstić information content (AvgIpc) is 2.77. The summed E-state index contributed by atoms with van der Waals surface area (Å²) in [6.45, 7) is 0.397. The van der Waals surface area contributed by atoms with Crippen molar-refractivity contribution in [2.24, 2.45) is 10.8 Å². The molecule has 0 aromatic heterocycles. The molecule has 1 atom stereocenters. The van der Waals surface area contributed by atoms with Gasteiger partial charge in [-0.3, -0.25) is 0 Å². The lowest BCUT2D eigenvalue weighted by atomic mass is 9.88. The van der Waals surface area contributed by atoms with E-state index in [2.05, 4.69) is 29.4 Å². The van der Waals surface area contributed by atoms with E-state index in [1.807, 2.05) is 30.3 Å². The Balaban J connectivity index is 1.75. The van der Waals surface area contributed by atoms with Crippen molar-refractivity contribution in [3.05, 3.63) is 81.4 Å². The number of ether oxygens (including phenoxy) is 2. The van der Waals surface area contributed by atoms with Crippen LogP contribution in [0.2, 0.25) is 0 Å². The van der Waals surface area contributed by atoms with Gasteiger partial charge in [-0.05, 0) is 52.4 Å². The van der Waals surface area contributed by atoms with Gasteiger partial charge in [-0.25, -0.2) is 10.1 Å². The lowest BCUT2D eigenvalue weighted by Crippen LogP contribution is -2.49. The van der Waals surface area contributed by atoms with Crippen LogP contribution in [0.4, 0.5) is 0 Å². The summed E-state index contributed by atoms with van der Waals surface area (Å²) in [4.78, 5) is 12.8. The number of hydrogen-bond acceptors (Lipinski definition) is 4. The Kier molecular flexibility index (Phi) is 5.62. The number of fused-ring (bicyclic) bond motifs is 2. The number of guanidine groups is 1. The molecule has 0 saturated heterocycles. The topological polar surface area (TPSA) is 103 Å². The van der Waals surface area contributed by atoms with Crippen LogP contribution in [0.15, 0.2) is 59.7 Å². The van der Waals surface area contributed by atoms with Crippen molar-refractivity contribution in [1.82, 2.24) is 4.90 Å². The largest absolute Gasteiger partial charge is 0.493 e. The first-order valence-corrected chi connectivity index (χ1v) is 9.95. The first-order valence-electron chi connectivity index (χ1n) is 9.95. The predicted octanol–water partition coefficient (Wildman–Crippen LogP) is 3.33. The van der Waals surface area contributed by atoms with E-state index in [0.29, 0.717) is 30.9 Å². The molecule has 1 aliphatic rings. The number of nitrogens with two attached hydrogens (primary N) is 1. The molecule has 4 rings (SSSR count). The van der Waals surface area contributed by atoms with Gasteiger partial charge in [-0.2, -0.15) is 0 Å². The molecule has 2 N–H and O–H groups in total. The van der Waals surface area contributed by atoms with Crippen molar-refractivity contribution in [3.8, 4) is 11.5 Å². The van der Waals surface area contributed by atoms with Gasteiger partial charge >= 0.3 is 0 Å². The molecule has 0 radical (unpaired) electrons. The van der Waals surface area contributed by atoms with Crippen LogP contribution in [0.25, 0.3) is 10.8 Å². The molecule has 31 heavy (non-hydrogen) atoms. The molecule has 0 saturated carbocycles. The van der Waals surface area contributed by atoms with Gasteiger partial charge in [0.1, 0.15) is 5.10 Å². The van der Waals surface area contributed by atoms with Crippen LogP contribution in [0, 0.1) is 10.1 Å². The van der Waals surface area contributed by atoms with Crippen LogP contribution in [-0.4, -0.2) is 36.2 Å². The summed E-state index contributed by atoms with van der Waals surface area (Å²) in [5, 5.41) is 15.9. The lowest BCUT2D eigenvalue weighted by molar-refractivity contribution is -0.485. The molecule has 0 amide bonds. The highest BCUT2D eigenvalue weighted by Crippen LogP contribution is 2.35. The normalized spacial score (nSPS) is 16.1. The highest BCUT2D eigenvalue weighted by atomic mass is 16.7. The smallest absolute Gasteiger partial charge is 0.269 e. The number of benzene rings is 3. The monoisotopic (exact) mass is 420 g/mol. The minimum absolute atomic E-state index is 0.0971. The van der Waals surface area contributed by atoms with Gasteiger partial charge in [0.15, 0.2) is 16.5 Å². The molecular weight excluding hydrogens is 396 g/mol. The zero-order chi connectivity index (χ0) is 22.0. The molecule has 1 unspecified atom stereocenters. The van der Waals surface area contributed by atoms with E-state index in [4.69, 9.17) is 15.2 Å². The predicted molar refractivity (Wildman–Crippen MR) is 119 cm³/mol. The van der Waals surface area contributed by atoms with Crippen LogP contribution in [0.3, 0.4) is 0 Å². The van der Waals surface area contributed by atoms with Gasteiger partial charge in [-0.1, -0.05) is 42.5 Å². The highest BCUT2D eigenvalue weighted by Gasteiger charge is 2.30. The van der Waals surface area contributed by atoms with E-state index in [1.165, 1.54) is 0 Å². The maximum absolute atomic E-state index is 11.0. The van der Waals surface area contributed by atoms with Crippen molar-refractivity contribution in [2.45, 2.75) is 25.4 Å². The summed E-state index contributed by atoms with van der Waals surface area (Å²) in [5.41, 5.74) is 9.31. The van der Waals surface area contributed by atoms with E-state index in [-0.39, 0.29) is 12.0 Å². The van der Waals surface area contributed by atoms with Gasteiger partial charge in [0.25, 0.3) is 5.96 Å². The van der Waals surface area contributed by atoms with E-state index in [0.717, 1.165) is 27.5 Å². The average molecular weight is 420 g/mol. The van der Waals surface area contributed by atoms with Crippen LogP contribution in [0.5, 0.6) is 11.5 Å². The molecule has 1 heterocycles. The first-order chi connectivity index (χ1) is 15.0. The fraction of sp³-hybridized carbons (Fsp3) is 0.261. The van der Waals surface area contributed by atoms with Crippen LogP contribution >= 0.6 is 0 Å². The van der Waals surface area contributed by atoms with E-state index < -0.39 is 5.03 Å². The molecule has 160 valence electrons. The van der Waals surface area contributed by atoms with Crippen molar-refractivity contribution in [2.75, 3.05) is 14.2 Å². The number of rotatable bonds is 5. The lowest BCUT2D eigenvalue weighted by Gasteiger charge is -2.37. The zero-order valence-electron chi connectivity index (χ0n) is 17.4. The Morgan fingerprint density at radius 2 is 1.81 bits per heavy atom. The minimum Gasteiger partial charge on any atom is -0.493 e. The van der Waals surface area contributed by atoms with Gasteiger partial charge in [-0.15, -0.1) is 0 Å². The number of hydrazone groups is 1. The summed E-state index contributed by atoms with van der Waals surface area (Å²) in [5.74, 6) is 1.17. The molecular formula is C23H24N4O4. The number of nitro groups is 1. The maximum atomic E-state index is 11.0. The SMILES string of the molecule is COc1cc2c(cc1OC)CN(/C(N)=N\[N+](=O)[O-])C(Cc1cccc3ccccc13)C2. The molecule has 3 aromatic rings. The fourth-order valence-corrected chi connectivity index (χ4v) is 4.29. The van der Waals surface area contributed by atoms with Crippen LogP contribution in [-0.2, 0) is 19.4 Å². The van der Waals surface area contributed by atoms with Crippen molar-refractivity contribution in [1.29, 1.82) is 0 Å². The summed E-state index contributed by atoms with van der Waals surface area (Å²) in [6, 6.07) is 18.2. The number of methoxy groups -OCH3 is 2. The molecule has 0 bridgehead atoms. The Morgan fingerprint density at radius 1 is 1.13 bits per heavy atom. The van der Waals surface area contributed by atoms with E-state index >= 15 is 0 Å². The third kappa shape index (κ3) is 4.09. The molecule has 8 nitrogen and oxygen atoms in total. The fourth-order valence-electron chi connectivity index (χ4n) is 4.29. The molecule has 1 aliphatic heterocycles. The quantitative estimate of drug-likeness (QED) is 0.294. The number of nitrogens with zero attached hydrogens (tertiary/aromatic N) is 3. The Hall–Kier alpha value is -3.81. The molecule has 8 heteroatoms. The van der Waals surface area contributed by atoms with E-state index in [9.17, 15) is 10.1 Å². The number of hydrogen-bond donors (Lipinski definition) is 1. The Morgan fingerprint density at radius 3 is 2.52 bits per heavy atom. The molecule has 0 fully saturated rings. The van der Waals surface area contributed by atoms with Crippen LogP contribution < -0.4 is 15.2 Å². The van der Waals surface area contributed by atoms with Gasteiger partial charge in [0, 0.05) is 12.6 Å². The maximum Gasteiger partial charge on any atom is 0.269 e. The molecule has 0 aliphatic carbocycles. The van der Waals surface area contributed by atoms with Crippen molar-refractivity contribution < 1.29 is 14.5 Å². The highest BCUT2D eigenvalue weighted by molar-refractivity contribution is 5.86. The van der Waals surface area contributed by atoms with Gasteiger partial charge < -0.3 is 20.1 Å². The second-order valence-electron chi connectivity index (χ2n) is 7.50. The second-order valence-corrected chi connectivity index (χ2v) is 7.50. The van der Waals surface area contributed by atoms with Crippen LogP contribution in [0.1, 0.15) is 16.7 Å². The molecule has 0 spiro atoms. The summed E-state index contributed by atoms with van der Waals surface area (Å²) >= 11 is 0. The van der Waals surface area contributed by atoms with E-state index in [1.54, 1.807) is 19.1 Å².